The van der Waals surface area contributed by atoms with Gasteiger partial charge in [-0.3, -0.25) is 0 Å². The molecule has 3 heteroatoms. The van der Waals surface area contributed by atoms with Gasteiger partial charge in [0.05, 0.1) is 0 Å². The van der Waals surface area contributed by atoms with E-state index in [2.05, 4.69) is 0 Å². The summed E-state index contributed by atoms with van der Waals surface area (Å²) in [5.74, 6) is 0.339. The summed E-state index contributed by atoms with van der Waals surface area (Å²) in [4.78, 5) is 0. The zero-order valence-electron chi connectivity index (χ0n) is 4.20. The number of benzene rings is 1. The topological polar surface area (TPSA) is 40.5 Å². The molecule has 1 aromatic rings. The predicted molar refractivity (Wildman–Crippen MR) is 38.3 cm³/mol. The van der Waals surface area contributed by atoms with Crippen LogP contribution in [0.15, 0.2) is 24.3 Å². The average Bonchev–Trinajstić information content (AvgIpc) is 1.77. The minimum atomic E-state index is 0. The van der Waals surface area contributed by atoms with Crippen molar-refractivity contribution in [3.8, 4) is 11.5 Å². The SMILES string of the molecule is Oc1ccc(O)cc1.[BaH2]. The minimum absolute atomic E-state index is 0. The average molecular weight is 249 g/mol. The van der Waals surface area contributed by atoms with Crippen molar-refractivity contribution in [2.75, 3.05) is 0 Å². The number of phenols is 2. The molecule has 0 aliphatic heterocycles. The van der Waals surface area contributed by atoms with E-state index in [0.29, 0.717) is 0 Å². The Kier molecular flexibility index (Phi) is 4.43. The van der Waals surface area contributed by atoms with Gasteiger partial charge in [-0.15, -0.1) is 0 Å². The van der Waals surface area contributed by atoms with Gasteiger partial charge >= 0.3 is 48.9 Å². The predicted octanol–water partition coefficient (Wildman–Crippen LogP) is 0.182. The first-order valence-electron chi connectivity index (χ1n) is 2.27. The van der Waals surface area contributed by atoms with E-state index >= 15 is 0 Å². The molecule has 0 heterocycles. The molecular formula is C6H8BaO2. The van der Waals surface area contributed by atoms with Gasteiger partial charge < -0.3 is 10.2 Å². The van der Waals surface area contributed by atoms with Crippen molar-refractivity contribution in [3.05, 3.63) is 24.3 Å². The van der Waals surface area contributed by atoms with Gasteiger partial charge in [-0.2, -0.15) is 0 Å². The molecule has 1 aromatic carbocycles. The Hall–Kier alpha value is 0.391. The number of phenolic OH excluding ortho intramolecular Hbond substituents is 2. The summed E-state index contributed by atoms with van der Waals surface area (Å²) < 4.78 is 0. The van der Waals surface area contributed by atoms with Crippen molar-refractivity contribution in [3.63, 3.8) is 0 Å². The molecule has 0 aliphatic carbocycles. The second-order valence-electron chi connectivity index (χ2n) is 1.52. The van der Waals surface area contributed by atoms with Crippen LogP contribution >= 0.6 is 0 Å². The normalized spacial score (nSPS) is 8.00. The zero-order valence-corrected chi connectivity index (χ0v) is 4.20. The maximum absolute atomic E-state index is 8.65. The molecule has 0 spiro atoms. The quantitative estimate of drug-likeness (QED) is 0.509. The van der Waals surface area contributed by atoms with Gasteiger partial charge in [-0.05, 0) is 24.3 Å². The van der Waals surface area contributed by atoms with Crippen LogP contribution in [0.3, 0.4) is 0 Å². The van der Waals surface area contributed by atoms with Crippen LogP contribution < -0.4 is 0 Å². The van der Waals surface area contributed by atoms with Crippen molar-refractivity contribution in [1.29, 1.82) is 0 Å². The zero-order chi connectivity index (χ0) is 5.98. The number of aromatic hydroxyl groups is 2. The van der Waals surface area contributed by atoms with Gasteiger partial charge in [0.2, 0.25) is 0 Å². The third-order valence-electron chi connectivity index (χ3n) is 0.850. The Morgan fingerprint density at radius 1 is 0.778 bits per heavy atom. The van der Waals surface area contributed by atoms with Gasteiger partial charge in [-0.1, -0.05) is 0 Å². The van der Waals surface area contributed by atoms with E-state index in [1.54, 1.807) is 0 Å². The second kappa shape index (κ2) is 4.25. The Labute approximate surface area is 93.6 Å². The van der Waals surface area contributed by atoms with E-state index in [0.717, 1.165) is 0 Å². The molecule has 0 aromatic heterocycles. The van der Waals surface area contributed by atoms with Crippen LogP contribution in [0, 0.1) is 0 Å². The maximum atomic E-state index is 8.65. The van der Waals surface area contributed by atoms with Gasteiger partial charge in [0, 0.05) is 0 Å². The molecule has 2 N–H and O–H groups in total. The number of hydrogen-bond acceptors (Lipinski definition) is 2. The van der Waals surface area contributed by atoms with Gasteiger partial charge in [0.15, 0.2) is 0 Å². The van der Waals surface area contributed by atoms with E-state index in [4.69, 9.17) is 10.2 Å². The molecule has 0 radical (unpaired) electrons. The van der Waals surface area contributed by atoms with E-state index in [1.165, 1.54) is 24.3 Å². The van der Waals surface area contributed by atoms with Crippen molar-refractivity contribution < 1.29 is 10.2 Å². The molecule has 0 bridgehead atoms. The second-order valence-corrected chi connectivity index (χ2v) is 1.52. The molecule has 0 fully saturated rings. The summed E-state index contributed by atoms with van der Waals surface area (Å²) in [7, 11) is 0. The van der Waals surface area contributed by atoms with Crippen LogP contribution in [0.1, 0.15) is 0 Å². The van der Waals surface area contributed by atoms with Gasteiger partial charge in [0.25, 0.3) is 0 Å². The van der Waals surface area contributed by atoms with Gasteiger partial charge in [0.1, 0.15) is 11.5 Å². The van der Waals surface area contributed by atoms with Crippen molar-refractivity contribution in [1.82, 2.24) is 0 Å². The summed E-state index contributed by atoms with van der Waals surface area (Å²) in [6, 6.07) is 5.70. The summed E-state index contributed by atoms with van der Waals surface area (Å²) in [6.45, 7) is 0. The number of hydrogen-bond donors (Lipinski definition) is 2. The summed E-state index contributed by atoms with van der Waals surface area (Å²) >= 11 is 0. The monoisotopic (exact) mass is 250 g/mol. The molecule has 9 heavy (non-hydrogen) atoms. The Bertz CT molecular complexity index is 150. The summed E-state index contributed by atoms with van der Waals surface area (Å²) in [5.41, 5.74) is 0. The molecule has 0 atom stereocenters. The fraction of sp³-hybridized carbons (Fsp3) is 0. The summed E-state index contributed by atoms with van der Waals surface area (Å²) in [5, 5.41) is 17.3. The van der Waals surface area contributed by atoms with Gasteiger partial charge in [-0.25, -0.2) is 0 Å². The third-order valence-corrected chi connectivity index (χ3v) is 0.850. The molecular weight excluding hydrogens is 241 g/mol. The van der Waals surface area contributed by atoms with Crippen LogP contribution in [0.5, 0.6) is 11.5 Å². The fourth-order valence-electron chi connectivity index (χ4n) is 0.453. The molecule has 0 saturated carbocycles. The molecule has 0 amide bonds. The first-order valence-corrected chi connectivity index (χ1v) is 2.27. The van der Waals surface area contributed by atoms with E-state index in [-0.39, 0.29) is 60.4 Å². The standard InChI is InChI=1S/C6H6O2.Ba.2H/c7-5-1-2-6(8)4-3-5;;;/h1-4,7-8H;;;. The molecule has 0 unspecified atom stereocenters. The third kappa shape index (κ3) is 3.17. The van der Waals surface area contributed by atoms with E-state index in [1.807, 2.05) is 0 Å². The van der Waals surface area contributed by atoms with Crippen LogP contribution in [-0.4, -0.2) is 59.1 Å². The first-order chi connectivity index (χ1) is 3.79. The Balaban J connectivity index is 0.000000640. The van der Waals surface area contributed by atoms with Crippen molar-refractivity contribution in [2.24, 2.45) is 0 Å². The Morgan fingerprint density at radius 2 is 1.00 bits per heavy atom. The molecule has 2 nitrogen and oxygen atoms in total. The fourth-order valence-corrected chi connectivity index (χ4v) is 0.453. The van der Waals surface area contributed by atoms with Crippen LogP contribution in [0.4, 0.5) is 0 Å². The van der Waals surface area contributed by atoms with E-state index in [9.17, 15) is 0 Å². The number of rotatable bonds is 0. The van der Waals surface area contributed by atoms with Crippen molar-refractivity contribution in [2.45, 2.75) is 0 Å². The van der Waals surface area contributed by atoms with Crippen LogP contribution in [0.25, 0.3) is 0 Å². The van der Waals surface area contributed by atoms with Crippen LogP contribution in [0.2, 0.25) is 0 Å². The van der Waals surface area contributed by atoms with E-state index < -0.39 is 0 Å². The van der Waals surface area contributed by atoms with Crippen LogP contribution in [-0.2, 0) is 0 Å². The molecule has 1 rings (SSSR count). The molecule has 46 valence electrons. The van der Waals surface area contributed by atoms with Crippen molar-refractivity contribution >= 4 is 48.9 Å². The first kappa shape index (κ1) is 9.39. The molecule has 0 saturated heterocycles. The molecule has 0 aliphatic rings. The Morgan fingerprint density at radius 3 is 1.22 bits per heavy atom. The summed E-state index contributed by atoms with van der Waals surface area (Å²) in [6.07, 6.45) is 0.